The predicted octanol–water partition coefficient (Wildman–Crippen LogP) is 3.47. The van der Waals surface area contributed by atoms with Crippen LogP contribution >= 0.6 is 0 Å². The minimum absolute atomic E-state index is 0.235. The van der Waals surface area contributed by atoms with Crippen molar-refractivity contribution in [1.82, 2.24) is 0 Å². The smallest absolute Gasteiger partial charge is 0.130 e. The van der Waals surface area contributed by atoms with E-state index in [2.05, 4.69) is 35.0 Å². The van der Waals surface area contributed by atoms with Crippen molar-refractivity contribution in [2.75, 3.05) is 47.5 Å². The van der Waals surface area contributed by atoms with E-state index >= 15 is 0 Å². The maximum Gasteiger partial charge on any atom is 0.130 e. The third-order valence-corrected chi connectivity index (χ3v) is 3.05. The van der Waals surface area contributed by atoms with Crippen LogP contribution < -0.4 is 0 Å². The van der Waals surface area contributed by atoms with Crippen LogP contribution in [0, 0.1) is 0 Å². The summed E-state index contributed by atoms with van der Waals surface area (Å²) in [5, 5.41) is 0. The van der Waals surface area contributed by atoms with E-state index in [-0.39, 0.29) is 6.10 Å². The quantitative estimate of drug-likeness (QED) is 0.378. The van der Waals surface area contributed by atoms with Gasteiger partial charge in [-0.3, -0.25) is 0 Å². The molecule has 3 nitrogen and oxygen atoms in total. The van der Waals surface area contributed by atoms with Crippen molar-refractivity contribution in [3.63, 3.8) is 0 Å². The number of likely N-dealkylation sites (N-methyl/N-ethyl adjacent to an activating group) is 1. The van der Waals surface area contributed by atoms with Crippen molar-refractivity contribution in [1.29, 1.82) is 0 Å². The van der Waals surface area contributed by atoms with Gasteiger partial charge in [-0.1, -0.05) is 39.5 Å². The molecule has 0 aliphatic heterocycles. The van der Waals surface area contributed by atoms with Gasteiger partial charge in [-0.15, -0.1) is 0 Å². The molecule has 1 unspecified atom stereocenters. The summed E-state index contributed by atoms with van der Waals surface area (Å²) in [5.74, 6) is 0. The second kappa shape index (κ2) is 11.7. The minimum atomic E-state index is 0.235. The van der Waals surface area contributed by atoms with E-state index in [0.29, 0.717) is 0 Å². The normalized spacial score (nSPS) is 13.7. The van der Waals surface area contributed by atoms with Gasteiger partial charge in [0.15, 0.2) is 0 Å². The fourth-order valence-corrected chi connectivity index (χ4v) is 2.04. The van der Waals surface area contributed by atoms with Gasteiger partial charge in [-0.25, -0.2) is 0 Å². The van der Waals surface area contributed by atoms with Crippen LogP contribution in [0.25, 0.3) is 0 Å². The molecule has 0 heterocycles. The first-order chi connectivity index (χ1) is 8.99. The first kappa shape index (κ1) is 18.9. The minimum Gasteiger partial charge on any atom is -0.379 e. The Morgan fingerprint density at radius 2 is 1.42 bits per heavy atom. The average Bonchev–Trinajstić information content (AvgIpc) is 2.32. The molecule has 0 rings (SSSR count). The van der Waals surface area contributed by atoms with E-state index in [1.54, 1.807) is 0 Å². The molecule has 0 aromatic rings. The van der Waals surface area contributed by atoms with Crippen LogP contribution in [-0.4, -0.2) is 58.1 Å². The summed E-state index contributed by atoms with van der Waals surface area (Å²) in [6.07, 6.45) is 7.59. The summed E-state index contributed by atoms with van der Waals surface area (Å²) in [4.78, 5) is 0. The summed E-state index contributed by atoms with van der Waals surface area (Å²) in [7, 11) is 6.62. The Morgan fingerprint density at radius 3 is 1.95 bits per heavy atom. The highest BCUT2D eigenvalue weighted by molar-refractivity contribution is 4.56. The summed E-state index contributed by atoms with van der Waals surface area (Å²) in [5.41, 5.74) is 0. The van der Waals surface area contributed by atoms with E-state index in [9.17, 15) is 0 Å². The first-order valence-corrected chi connectivity index (χ1v) is 7.99. The van der Waals surface area contributed by atoms with E-state index in [1.807, 2.05) is 0 Å². The van der Waals surface area contributed by atoms with Gasteiger partial charge < -0.3 is 14.0 Å². The fraction of sp³-hybridized carbons (Fsp3) is 1.00. The number of ether oxygens (including phenoxy) is 2. The number of nitrogens with zero attached hydrogens (tertiary/aromatic N) is 1. The Kier molecular flexibility index (Phi) is 11.6. The molecular formula is C16H36NO2+. The molecule has 0 aliphatic rings. The zero-order chi connectivity index (χ0) is 14.6. The zero-order valence-electron chi connectivity index (χ0n) is 13.9. The van der Waals surface area contributed by atoms with Crippen LogP contribution in [0.5, 0.6) is 0 Å². The summed E-state index contributed by atoms with van der Waals surface area (Å²) in [6, 6.07) is 0. The lowest BCUT2D eigenvalue weighted by Gasteiger charge is -2.29. The molecule has 0 aromatic heterocycles. The first-order valence-electron chi connectivity index (χ1n) is 7.99. The lowest BCUT2D eigenvalue weighted by Crippen LogP contribution is -2.44. The molecule has 1 atom stereocenters. The molecule has 0 saturated carbocycles. The van der Waals surface area contributed by atoms with Gasteiger partial charge in [-0.05, 0) is 12.8 Å². The van der Waals surface area contributed by atoms with Crippen LogP contribution in [0.15, 0.2) is 0 Å². The lowest BCUT2D eigenvalue weighted by molar-refractivity contribution is -0.873. The molecule has 116 valence electrons. The molecule has 3 heteroatoms. The SMILES string of the molecule is CCCCCOCC(C[N+](C)(C)C)OCCCCC. The average molecular weight is 274 g/mol. The maximum absolute atomic E-state index is 5.99. The molecule has 0 fully saturated rings. The number of hydrogen-bond donors (Lipinski definition) is 0. The van der Waals surface area contributed by atoms with Crippen LogP contribution in [0.4, 0.5) is 0 Å². The van der Waals surface area contributed by atoms with E-state index in [4.69, 9.17) is 9.47 Å². The van der Waals surface area contributed by atoms with Gasteiger partial charge in [0.1, 0.15) is 12.6 Å². The van der Waals surface area contributed by atoms with Crippen molar-refractivity contribution < 1.29 is 14.0 Å². The van der Waals surface area contributed by atoms with Crippen LogP contribution in [0.1, 0.15) is 52.4 Å². The molecule has 0 amide bonds. The second-order valence-electron chi connectivity index (χ2n) is 6.45. The van der Waals surface area contributed by atoms with Gasteiger partial charge in [0.25, 0.3) is 0 Å². The van der Waals surface area contributed by atoms with Gasteiger partial charge in [-0.2, -0.15) is 0 Å². The molecule has 0 saturated heterocycles. The second-order valence-corrected chi connectivity index (χ2v) is 6.45. The number of unbranched alkanes of at least 4 members (excludes halogenated alkanes) is 4. The third-order valence-electron chi connectivity index (χ3n) is 3.05. The van der Waals surface area contributed by atoms with Crippen LogP contribution in [0.2, 0.25) is 0 Å². The van der Waals surface area contributed by atoms with Crippen molar-refractivity contribution in [3.05, 3.63) is 0 Å². The van der Waals surface area contributed by atoms with Gasteiger partial charge >= 0.3 is 0 Å². The molecule has 0 N–H and O–H groups in total. The summed E-state index contributed by atoms with van der Waals surface area (Å²) < 4.78 is 12.7. The lowest BCUT2D eigenvalue weighted by atomic mass is 10.2. The molecular weight excluding hydrogens is 238 g/mol. The fourth-order valence-electron chi connectivity index (χ4n) is 2.04. The van der Waals surface area contributed by atoms with Crippen molar-refractivity contribution in [3.8, 4) is 0 Å². The molecule has 0 radical (unpaired) electrons. The maximum atomic E-state index is 5.99. The molecule has 0 aliphatic carbocycles. The Labute approximate surface area is 120 Å². The van der Waals surface area contributed by atoms with Crippen molar-refractivity contribution in [2.45, 2.75) is 58.5 Å². The van der Waals surface area contributed by atoms with E-state index in [1.165, 1.54) is 38.5 Å². The molecule has 0 spiro atoms. The zero-order valence-corrected chi connectivity index (χ0v) is 13.9. The van der Waals surface area contributed by atoms with Crippen LogP contribution in [-0.2, 0) is 9.47 Å². The third kappa shape index (κ3) is 14.1. The highest BCUT2D eigenvalue weighted by Gasteiger charge is 2.18. The monoisotopic (exact) mass is 274 g/mol. The Morgan fingerprint density at radius 1 is 0.842 bits per heavy atom. The highest BCUT2D eigenvalue weighted by Crippen LogP contribution is 2.05. The molecule has 19 heavy (non-hydrogen) atoms. The van der Waals surface area contributed by atoms with E-state index < -0.39 is 0 Å². The Balaban J connectivity index is 3.83. The van der Waals surface area contributed by atoms with Crippen molar-refractivity contribution >= 4 is 0 Å². The van der Waals surface area contributed by atoms with Gasteiger partial charge in [0.05, 0.1) is 27.7 Å². The van der Waals surface area contributed by atoms with Gasteiger partial charge in [0.2, 0.25) is 0 Å². The number of quaternary nitrogens is 1. The summed E-state index contributed by atoms with van der Waals surface area (Å²) >= 11 is 0. The number of hydrogen-bond acceptors (Lipinski definition) is 2. The largest absolute Gasteiger partial charge is 0.379 e. The van der Waals surface area contributed by atoms with Crippen molar-refractivity contribution in [2.24, 2.45) is 0 Å². The van der Waals surface area contributed by atoms with Crippen LogP contribution in [0.3, 0.4) is 0 Å². The topological polar surface area (TPSA) is 18.5 Å². The number of rotatable bonds is 13. The Bertz CT molecular complexity index is 190. The standard InChI is InChI=1S/C16H36NO2/c1-6-8-10-12-18-15-16(14-17(3,4)5)19-13-11-9-7-2/h16H,6-15H2,1-5H3/q+1. The van der Waals surface area contributed by atoms with Gasteiger partial charge in [0, 0.05) is 13.2 Å². The molecule has 0 aromatic carbocycles. The Hall–Kier alpha value is -0.120. The summed E-state index contributed by atoms with van der Waals surface area (Å²) in [6.45, 7) is 7.94. The molecule has 0 bridgehead atoms. The highest BCUT2D eigenvalue weighted by atomic mass is 16.5. The van der Waals surface area contributed by atoms with E-state index in [0.717, 1.165) is 30.8 Å². The predicted molar refractivity (Wildman–Crippen MR) is 82.5 cm³/mol.